The molecule has 8 nitrogen and oxygen atoms in total. The first kappa shape index (κ1) is 16.3. The maximum atomic E-state index is 12.4. The SMILES string of the molecule is COc1ncc(NC(=O)c2ccc(OC)c(OC)c2)c(OC)n1. The first-order chi connectivity index (χ1) is 11.1. The van der Waals surface area contributed by atoms with Gasteiger partial charge in [-0.3, -0.25) is 4.79 Å². The molecule has 0 bridgehead atoms. The number of carbonyl (C=O) groups excluding carboxylic acids is 1. The van der Waals surface area contributed by atoms with Crippen molar-refractivity contribution in [3.8, 4) is 23.4 Å². The van der Waals surface area contributed by atoms with Gasteiger partial charge >= 0.3 is 6.01 Å². The Bertz CT molecular complexity index is 706. The van der Waals surface area contributed by atoms with Crippen LogP contribution in [-0.4, -0.2) is 44.3 Å². The summed E-state index contributed by atoms with van der Waals surface area (Å²) in [6.07, 6.45) is 1.41. The summed E-state index contributed by atoms with van der Waals surface area (Å²) in [6.45, 7) is 0. The first-order valence-corrected chi connectivity index (χ1v) is 6.61. The van der Waals surface area contributed by atoms with Crippen LogP contribution >= 0.6 is 0 Å². The topological polar surface area (TPSA) is 91.8 Å². The number of aromatic nitrogens is 2. The second-order valence-corrected chi connectivity index (χ2v) is 4.30. The van der Waals surface area contributed by atoms with Crippen LogP contribution in [-0.2, 0) is 0 Å². The lowest BCUT2D eigenvalue weighted by atomic mass is 10.2. The van der Waals surface area contributed by atoms with Crippen LogP contribution < -0.4 is 24.3 Å². The lowest BCUT2D eigenvalue weighted by Gasteiger charge is -2.11. The highest BCUT2D eigenvalue weighted by Crippen LogP contribution is 2.28. The fraction of sp³-hybridized carbons (Fsp3) is 0.267. The minimum atomic E-state index is -0.363. The molecule has 2 aromatic rings. The number of methoxy groups -OCH3 is 4. The number of nitrogens with one attached hydrogen (secondary N) is 1. The van der Waals surface area contributed by atoms with Crippen LogP contribution in [0.4, 0.5) is 5.69 Å². The lowest BCUT2D eigenvalue weighted by molar-refractivity contribution is 0.102. The summed E-state index contributed by atoms with van der Waals surface area (Å²) < 4.78 is 20.3. The minimum absolute atomic E-state index is 0.144. The van der Waals surface area contributed by atoms with E-state index in [4.69, 9.17) is 18.9 Å². The first-order valence-electron chi connectivity index (χ1n) is 6.61. The van der Waals surface area contributed by atoms with E-state index in [1.165, 1.54) is 34.6 Å². The van der Waals surface area contributed by atoms with Crippen molar-refractivity contribution >= 4 is 11.6 Å². The van der Waals surface area contributed by atoms with E-state index in [1.807, 2.05) is 0 Å². The summed E-state index contributed by atoms with van der Waals surface area (Å²) in [5.41, 5.74) is 0.716. The van der Waals surface area contributed by atoms with Crippen molar-refractivity contribution in [2.45, 2.75) is 0 Å². The number of ether oxygens (including phenoxy) is 4. The number of anilines is 1. The molecule has 0 unspecified atom stereocenters. The summed E-state index contributed by atoms with van der Waals surface area (Å²) in [6, 6.07) is 4.99. The van der Waals surface area contributed by atoms with Crippen molar-refractivity contribution in [3.63, 3.8) is 0 Å². The fourth-order valence-corrected chi connectivity index (χ4v) is 1.86. The third-order valence-corrected chi connectivity index (χ3v) is 3.00. The standard InChI is InChI=1S/C15H17N3O5/c1-20-11-6-5-9(7-12(11)21-2)13(19)17-10-8-16-15(23-4)18-14(10)22-3/h5-8H,1-4H3,(H,17,19). The Balaban J connectivity index is 2.25. The van der Waals surface area contributed by atoms with Gasteiger partial charge in [-0.1, -0.05) is 0 Å². The van der Waals surface area contributed by atoms with Gasteiger partial charge in [-0.25, -0.2) is 4.98 Å². The molecule has 1 amide bonds. The van der Waals surface area contributed by atoms with E-state index in [9.17, 15) is 4.79 Å². The molecule has 0 aliphatic heterocycles. The molecule has 0 aliphatic rings. The van der Waals surface area contributed by atoms with E-state index in [1.54, 1.807) is 18.2 Å². The van der Waals surface area contributed by atoms with Crippen LogP contribution in [0.5, 0.6) is 23.4 Å². The van der Waals surface area contributed by atoms with Crippen molar-refractivity contribution in [1.82, 2.24) is 9.97 Å². The van der Waals surface area contributed by atoms with Crippen molar-refractivity contribution in [1.29, 1.82) is 0 Å². The molecule has 1 aromatic heterocycles. The molecule has 0 radical (unpaired) electrons. The molecule has 1 heterocycles. The smallest absolute Gasteiger partial charge is 0.319 e. The molecule has 1 aromatic carbocycles. The van der Waals surface area contributed by atoms with Gasteiger partial charge in [-0.2, -0.15) is 4.98 Å². The van der Waals surface area contributed by atoms with Crippen molar-refractivity contribution in [2.24, 2.45) is 0 Å². The van der Waals surface area contributed by atoms with E-state index in [0.29, 0.717) is 22.7 Å². The number of amides is 1. The van der Waals surface area contributed by atoms with Gasteiger partial charge in [0.05, 0.1) is 34.6 Å². The molecule has 23 heavy (non-hydrogen) atoms. The normalized spacial score (nSPS) is 9.91. The van der Waals surface area contributed by atoms with Gasteiger partial charge in [0.25, 0.3) is 5.91 Å². The molecule has 0 spiro atoms. The highest BCUT2D eigenvalue weighted by molar-refractivity contribution is 6.05. The average molecular weight is 319 g/mol. The summed E-state index contributed by atoms with van der Waals surface area (Å²) >= 11 is 0. The highest BCUT2D eigenvalue weighted by atomic mass is 16.5. The van der Waals surface area contributed by atoms with Gasteiger partial charge in [0, 0.05) is 5.56 Å². The molecule has 0 atom stereocenters. The van der Waals surface area contributed by atoms with Gasteiger partial charge < -0.3 is 24.3 Å². The zero-order valence-corrected chi connectivity index (χ0v) is 13.2. The second kappa shape index (κ2) is 7.30. The number of carbonyl (C=O) groups is 1. The van der Waals surface area contributed by atoms with Gasteiger partial charge in [0.2, 0.25) is 5.88 Å². The summed E-state index contributed by atoms with van der Waals surface area (Å²) in [4.78, 5) is 20.3. The van der Waals surface area contributed by atoms with Gasteiger partial charge in [-0.15, -0.1) is 0 Å². The number of benzene rings is 1. The molecule has 122 valence electrons. The van der Waals surface area contributed by atoms with E-state index >= 15 is 0 Å². The third kappa shape index (κ3) is 3.60. The summed E-state index contributed by atoms with van der Waals surface area (Å²) in [5.74, 6) is 0.830. The number of nitrogens with zero attached hydrogens (tertiary/aromatic N) is 2. The maximum absolute atomic E-state index is 12.4. The second-order valence-electron chi connectivity index (χ2n) is 4.30. The Morgan fingerprint density at radius 1 is 1.00 bits per heavy atom. The Hall–Kier alpha value is -3.03. The van der Waals surface area contributed by atoms with Crippen LogP contribution in [0.2, 0.25) is 0 Å². The largest absolute Gasteiger partial charge is 0.493 e. The molecule has 8 heteroatoms. The van der Waals surface area contributed by atoms with Gasteiger partial charge in [0.15, 0.2) is 11.5 Å². The molecule has 0 fully saturated rings. The molecule has 0 saturated carbocycles. The van der Waals surface area contributed by atoms with E-state index in [-0.39, 0.29) is 17.8 Å². The van der Waals surface area contributed by atoms with Crippen LogP contribution in [0.1, 0.15) is 10.4 Å². The fourth-order valence-electron chi connectivity index (χ4n) is 1.86. The number of rotatable bonds is 6. The molecular weight excluding hydrogens is 302 g/mol. The predicted molar refractivity (Wildman–Crippen MR) is 82.6 cm³/mol. The zero-order chi connectivity index (χ0) is 16.8. The number of hydrogen-bond acceptors (Lipinski definition) is 7. The van der Waals surface area contributed by atoms with Crippen molar-refractivity contribution in [3.05, 3.63) is 30.0 Å². The van der Waals surface area contributed by atoms with Crippen LogP contribution in [0.15, 0.2) is 24.4 Å². The zero-order valence-electron chi connectivity index (χ0n) is 13.2. The lowest BCUT2D eigenvalue weighted by Crippen LogP contribution is -2.14. The Morgan fingerprint density at radius 3 is 2.35 bits per heavy atom. The van der Waals surface area contributed by atoms with E-state index in [0.717, 1.165) is 0 Å². The molecule has 0 saturated heterocycles. The quantitative estimate of drug-likeness (QED) is 0.867. The molecule has 0 aliphatic carbocycles. The molecule has 1 N–H and O–H groups in total. The predicted octanol–water partition coefficient (Wildman–Crippen LogP) is 1.76. The third-order valence-electron chi connectivity index (χ3n) is 3.00. The summed E-state index contributed by atoms with van der Waals surface area (Å²) in [5, 5.41) is 2.68. The van der Waals surface area contributed by atoms with Crippen molar-refractivity contribution in [2.75, 3.05) is 33.8 Å². The monoisotopic (exact) mass is 319 g/mol. The molecule has 2 rings (SSSR count). The van der Waals surface area contributed by atoms with Crippen LogP contribution in [0.25, 0.3) is 0 Å². The van der Waals surface area contributed by atoms with Crippen LogP contribution in [0.3, 0.4) is 0 Å². The van der Waals surface area contributed by atoms with Crippen molar-refractivity contribution < 1.29 is 23.7 Å². The Kier molecular flexibility index (Phi) is 5.19. The van der Waals surface area contributed by atoms with Gasteiger partial charge in [-0.05, 0) is 18.2 Å². The average Bonchev–Trinajstić information content (AvgIpc) is 2.61. The number of hydrogen-bond donors (Lipinski definition) is 1. The minimum Gasteiger partial charge on any atom is -0.493 e. The highest BCUT2D eigenvalue weighted by Gasteiger charge is 2.15. The van der Waals surface area contributed by atoms with Crippen LogP contribution in [0, 0.1) is 0 Å². The Morgan fingerprint density at radius 2 is 1.74 bits per heavy atom. The summed E-state index contributed by atoms with van der Waals surface area (Å²) in [7, 11) is 5.90. The van der Waals surface area contributed by atoms with E-state index in [2.05, 4.69) is 15.3 Å². The van der Waals surface area contributed by atoms with E-state index < -0.39 is 0 Å². The Labute approximate surface area is 133 Å². The maximum Gasteiger partial charge on any atom is 0.319 e. The van der Waals surface area contributed by atoms with Gasteiger partial charge in [0.1, 0.15) is 5.69 Å². The molecular formula is C15H17N3O5.